The summed E-state index contributed by atoms with van der Waals surface area (Å²) in [5.41, 5.74) is 6.52. The molecule has 0 amide bonds. The summed E-state index contributed by atoms with van der Waals surface area (Å²) in [6.07, 6.45) is 0. The standard InChI is InChI=1S/C8H9N3O/c1-11-7-3-2-5(12)4-6(7)8(9)10-11/h2-4,12H,1H3,(H2,9,10). The molecule has 12 heavy (non-hydrogen) atoms. The molecule has 0 bridgehead atoms. The fourth-order valence-corrected chi connectivity index (χ4v) is 1.28. The Bertz CT molecular complexity index is 433. The molecular formula is C8H9N3O. The molecule has 0 aliphatic rings. The maximum absolute atomic E-state index is 9.17. The number of nitrogens with zero attached hydrogens (tertiary/aromatic N) is 2. The first-order chi connectivity index (χ1) is 5.68. The molecule has 0 spiro atoms. The molecule has 3 N–H and O–H groups in total. The number of anilines is 1. The number of hydrogen-bond donors (Lipinski definition) is 2. The Hall–Kier alpha value is -1.71. The van der Waals surface area contributed by atoms with Crippen LogP contribution in [-0.2, 0) is 7.05 Å². The van der Waals surface area contributed by atoms with Crippen molar-refractivity contribution >= 4 is 16.7 Å². The first-order valence-corrected chi connectivity index (χ1v) is 3.59. The number of phenolic OH excluding ortho intramolecular Hbond substituents is 1. The highest BCUT2D eigenvalue weighted by molar-refractivity contribution is 5.90. The zero-order chi connectivity index (χ0) is 8.72. The number of benzene rings is 1. The number of fused-ring (bicyclic) bond motifs is 1. The minimum atomic E-state index is 0.210. The lowest BCUT2D eigenvalue weighted by Gasteiger charge is -1.93. The molecule has 0 saturated heterocycles. The maximum atomic E-state index is 9.17. The van der Waals surface area contributed by atoms with E-state index in [1.165, 1.54) is 0 Å². The summed E-state index contributed by atoms with van der Waals surface area (Å²) in [5, 5.41) is 14.0. The lowest BCUT2D eigenvalue weighted by Crippen LogP contribution is -1.90. The number of aromatic nitrogens is 2. The topological polar surface area (TPSA) is 64.1 Å². The van der Waals surface area contributed by atoms with Gasteiger partial charge in [0.25, 0.3) is 0 Å². The first-order valence-electron chi connectivity index (χ1n) is 3.59. The molecule has 0 fully saturated rings. The minimum absolute atomic E-state index is 0.210. The SMILES string of the molecule is Cn1nc(N)c2cc(O)ccc21. The predicted molar refractivity (Wildman–Crippen MR) is 46.8 cm³/mol. The lowest BCUT2D eigenvalue weighted by molar-refractivity contribution is 0.476. The summed E-state index contributed by atoms with van der Waals surface area (Å²) >= 11 is 0. The fourth-order valence-electron chi connectivity index (χ4n) is 1.28. The van der Waals surface area contributed by atoms with Gasteiger partial charge < -0.3 is 10.8 Å². The zero-order valence-corrected chi connectivity index (χ0v) is 6.65. The molecule has 0 unspecified atom stereocenters. The van der Waals surface area contributed by atoms with Crippen LogP contribution in [0.25, 0.3) is 10.9 Å². The van der Waals surface area contributed by atoms with Gasteiger partial charge in [-0.15, -0.1) is 0 Å². The summed E-state index contributed by atoms with van der Waals surface area (Å²) in [5.74, 6) is 0.658. The van der Waals surface area contributed by atoms with Crippen molar-refractivity contribution < 1.29 is 5.11 Å². The Morgan fingerprint density at radius 3 is 3.00 bits per heavy atom. The molecule has 1 aromatic carbocycles. The van der Waals surface area contributed by atoms with Crippen molar-refractivity contribution in [2.75, 3.05) is 5.73 Å². The van der Waals surface area contributed by atoms with Crippen LogP contribution < -0.4 is 5.73 Å². The molecular weight excluding hydrogens is 154 g/mol. The van der Waals surface area contributed by atoms with Crippen LogP contribution in [0.5, 0.6) is 5.75 Å². The average molecular weight is 163 g/mol. The number of nitrogens with two attached hydrogens (primary N) is 1. The van der Waals surface area contributed by atoms with E-state index in [9.17, 15) is 5.11 Å². The van der Waals surface area contributed by atoms with E-state index in [4.69, 9.17) is 5.73 Å². The molecule has 0 radical (unpaired) electrons. The van der Waals surface area contributed by atoms with Crippen LogP contribution in [0.4, 0.5) is 5.82 Å². The fraction of sp³-hybridized carbons (Fsp3) is 0.125. The van der Waals surface area contributed by atoms with E-state index < -0.39 is 0 Å². The minimum Gasteiger partial charge on any atom is -0.508 e. The summed E-state index contributed by atoms with van der Waals surface area (Å²) in [4.78, 5) is 0. The van der Waals surface area contributed by atoms with E-state index >= 15 is 0 Å². The molecule has 0 saturated carbocycles. The average Bonchev–Trinajstić information content (AvgIpc) is 2.28. The Morgan fingerprint density at radius 1 is 1.50 bits per heavy atom. The normalized spacial score (nSPS) is 10.8. The molecule has 1 aromatic heterocycles. The summed E-state index contributed by atoms with van der Waals surface area (Å²) in [6, 6.07) is 5.01. The van der Waals surface area contributed by atoms with E-state index in [0.717, 1.165) is 10.9 Å². The highest BCUT2D eigenvalue weighted by Crippen LogP contribution is 2.23. The van der Waals surface area contributed by atoms with Crippen LogP contribution in [-0.4, -0.2) is 14.9 Å². The van der Waals surface area contributed by atoms with E-state index in [1.807, 2.05) is 7.05 Å². The Balaban J connectivity index is 2.90. The van der Waals surface area contributed by atoms with Crippen molar-refractivity contribution in [2.24, 2.45) is 7.05 Å². The first kappa shape index (κ1) is 6.97. The smallest absolute Gasteiger partial charge is 0.153 e. The van der Waals surface area contributed by atoms with Gasteiger partial charge in [-0.05, 0) is 18.2 Å². The van der Waals surface area contributed by atoms with Crippen LogP contribution in [0.3, 0.4) is 0 Å². The van der Waals surface area contributed by atoms with Gasteiger partial charge in [-0.25, -0.2) is 0 Å². The van der Waals surface area contributed by atoms with Gasteiger partial charge in [-0.1, -0.05) is 0 Å². The molecule has 0 atom stereocenters. The quantitative estimate of drug-likeness (QED) is 0.605. The van der Waals surface area contributed by atoms with Crippen LogP contribution in [0, 0.1) is 0 Å². The van der Waals surface area contributed by atoms with Crippen LogP contribution in [0.2, 0.25) is 0 Å². The van der Waals surface area contributed by atoms with Crippen LogP contribution in [0.15, 0.2) is 18.2 Å². The van der Waals surface area contributed by atoms with Crippen molar-refractivity contribution in [3.63, 3.8) is 0 Å². The second kappa shape index (κ2) is 2.14. The molecule has 4 nitrogen and oxygen atoms in total. The third kappa shape index (κ3) is 0.812. The van der Waals surface area contributed by atoms with Gasteiger partial charge in [0, 0.05) is 12.4 Å². The van der Waals surface area contributed by atoms with Crippen molar-refractivity contribution in [1.82, 2.24) is 9.78 Å². The Labute approximate surface area is 69.2 Å². The molecule has 4 heteroatoms. The van der Waals surface area contributed by atoms with Crippen molar-refractivity contribution in [3.8, 4) is 5.75 Å². The van der Waals surface area contributed by atoms with Gasteiger partial charge in [0.05, 0.1) is 5.52 Å². The summed E-state index contributed by atoms with van der Waals surface area (Å²) < 4.78 is 1.68. The van der Waals surface area contributed by atoms with Crippen molar-refractivity contribution in [2.45, 2.75) is 0 Å². The zero-order valence-electron chi connectivity index (χ0n) is 6.65. The second-order valence-corrected chi connectivity index (χ2v) is 2.71. The largest absolute Gasteiger partial charge is 0.508 e. The van der Waals surface area contributed by atoms with E-state index in [0.29, 0.717) is 5.82 Å². The highest BCUT2D eigenvalue weighted by atomic mass is 16.3. The summed E-state index contributed by atoms with van der Waals surface area (Å²) in [6.45, 7) is 0. The Morgan fingerprint density at radius 2 is 2.25 bits per heavy atom. The summed E-state index contributed by atoms with van der Waals surface area (Å²) in [7, 11) is 1.82. The molecule has 0 aliphatic heterocycles. The maximum Gasteiger partial charge on any atom is 0.153 e. The number of aromatic hydroxyl groups is 1. The molecule has 1 heterocycles. The van der Waals surface area contributed by atoms with Gasteiger partial charge in [0.2, 0.25) is 0 Å². The molecule has 2 aromatic rings. The molecule has 62 valence electrons. The predicted octanol–water partition coefficient (Wildman–Crippen LogP) is 0.861. The molecule has 0 aliphatic carbocycles. The van der Waals surface area contributed by atoms with Crippen molar-refractivity contribution in [1.29, 1.82) is 0 Å². The highest BCUT2D eigenvalue weighted by Gasteiger charge is 2.04. The van der Waals surface area contributed by atoms with E-state index in [-0.39, 0.29) is 5.75 Å². The monoisotopic (exact) mass is 163 g/mol. The van der Waals surface area contributed by atoms with E-state index in [1.54, 1.807) is 22.9 Å². The molecule has 2 rings (SSSR count). The van der Waals surface area contributed by atoms with Gasteiger partial charge in [-0.2, -0.15) is 5.10 Å². The van der Waals surface area contributed by atoms with E-state index in [2.05, 4.69) is 5.10 Å². The second-order valence-electron chi connectivity index (χ2n) is 2.71. The van der Waals surface area contributed by atoms with Crippen LogP contribution >= 0.6 is 0 Å². The number of rotatable bonds is 0. The van der Waals surface area contributed by atoms with Gasteiger partial charge in [0.15, 0.2) is 5.82 Å². The number of hydrogen-bond acceptors (Lipinski definition) is 3. The third-order valence-electron chi connectivity index (χ3n) is 1.86. The third-order valence-corrected chi connectivity index (χ3v) is 1.86. The van der Waals surface area contributed by atoms with Gasteiger partial charge in [-0.3, -0.25) is 4.68 Å². The Kier molecular flexibility index (Phi) is 1.24. The number of nitrogen functional groups attached to an aromatic ring is 1. The van der Waals surface area contributed by atoms with Gasteiger partial charge in [0.1, 0.15) is 5.75 Å². The number of phenols is 1. The van der Waals surface area contributed by atoms with Crippen LogP contribution in [0.1, 0.15) is 0 Å². The lowest BCUT2D eigenvalue weighted by atomic mass is 10.2. The number of aryl methyl sites for hydroxylation is 1. The van der Waals surface area contributed by atoms with Crippen molar-refractivity contribution in [3.05, 3.63) is 18.2 Å². The van der Waals surface area contributed by atoms with Gasteiger partial charge >= 0.3 is 0 Å².